The van der Waals surface area contributed by atoms with Gasteiger partial charge in [0.2, 0.25) is 0 Å². The van der Waals surface area contributed by atoms with Crippen molar-refractivity contribution in [2.24, 2.45) is 0 Å². The highest BCUT2D eigenvalue weighted by atomic mass is 79.9. The number of hydrogen-bond donors (Lipinski definition) is 0. The summed E-state index contributed by atoms with van der Waals surface area (Å²) in [6.45, 7) is 6.20. The van der Waals surface area contributed by atoms with Gasteiger partial charge in [-0.15, -0.1) is 0 Å². The summed E-state index contributed by atoms with van der Waals surface area (Å²) in [7, 11) is 0. The van der Waals surface area contributed by atoms with Gasteiger partial charge in [-0.05, 0) is 66.8 Å². The van der Waals surface area contributed by atoms with Crippen LogP contribution in [-0.2, 0) is 0 Å². The molecule has 2 aromatic rings. The molecule has 2 aromatic carbocycles. The van der Waals surface area contributed by atoms with Crippen molar-refractivity contribution >= 4 is 39.1 Å². The molecular formula is C16H15BrCl2. The third-order valence-corrected chi connectivity index (χ3v) is 4.96. The third-order valence-electron chi connectivity index (χ3n) is 3.33. The van der Waals surface area contributed by atoms with Gasteiger partial charge in [-0.3, -0.25) is 0 Å². The molecule has 0 fully saturated rings. The van der Waals surface area contributed by atoms with Gasteiger partial charge in [0.25, 0.3) is 0 Å². The third kappa shape index (κ3) is 3.16. The van der Waals surface area contributed by atoms with E-state index in [0.717, 1.165) is 15.6 Å². The maximum Gasteiger partial charge on any atom is 0.0650 e. The molecule has 3 heteroatoms. The second kappa shape index (κ2) is 5.87. The molecule has 0 saturated carbocycles. The molecule has 0 N–H and O–H groups in total. The summed E-state index contributed by atoms with van der Waals surface area (Å²) in [6, 6.07) is 10.1. The topological polar surface area (TPSA) is 0 Å². The van der Waals surface area contributed by atoms with Crippen molar-refractivity contribution in [2.75, 3.05) is 0 Å². The minimum atomic E-state index is 0.127. The summed E-state index contributed by atoms with van der Waals surface area (Å²) in [5, 5.41) is 1.57. The average Bonchev–Trinajstić information content (AvgIpc) is 2.36. The molecule has 0 aromatic heterocycles. The number of alkyl halides is 1. The Labute approximate surface area is 132 Å². The molecule has 0 saturated heterocycles. The van der Waals surface area contributed by atoms with Gasteiger partial charge < -0.3 is 0 Å². The molecule has 0 bridgehead atoms. The normalized spacial score (nSPS) is 12.5. The molecule has 1 atom stereocenters. The first-order valence-electron chi connectivity index (χ1n) is 6.07. The molecule has 0 radical (unpaired) electrons. The summed E-state index contributed by atoms with van der Waals surface area (Å²) < 4.78 is 0. The minimum absolute atomic E-state index is 0.127. The first-order valence-corrected chi connectivity index (χ1v) is 7.74. The molecule has 0 aliphatic rings. The van der Waals surface area contributed by atoms with Crippen LogP contribution < -0.4 is 0 Å². The summed E-state index contributed by atoms with van der Waals surface area (Å²) in [6.07, 6.45) is 0. The van der Waals surface area contributed by atoms with Crippen molar-refractivity contribution < 1.29 is 0 Å². The maximum absolute atomic E-state index is 6.16. The van der Waals surface area contributed by atoms with E-state index in [1.54, 1.807) is 0 Å². The van der Waals surface area contributed by atoms with Crippen molar-refractivity contribution in [2.45, 2.75) is 25.6 Å². The summed E-state index contributed by atoms with van der Waals surface area (Å²) in [4.78, 5) is 0.127. The molecule has 2 rings (SSSR count). The van der Waals surface area contributed by atoms with E-state index in [9.17, 15) is 0 Å². The Morgan fingerprint density at radius 3 is 2.16 bits per heavy atom. The van der Waals surface area contributed by atoms with Crippen LogP contribution in [0.3, 0.4) is 0 Å². The largest absolute Gasteiger partial charge is 0.0843 e. The Morgan fingerprint density at radius 2 is 1.47 bits per heavy atom. The van der Waals surface area contributed by atoms with Gasteiger partial charge in [0, 0.05) is 10.0 Å². The highest BCUT2D eigenvalue weighted by Crippen LogP contribution is 2.37. The molecule has 0 aliphatic heterocycles. The van der Waals surface area contributed by atoms with Gasteiger partial charge in [-0.1, -0.05) is 51.3 Å². The molecule has 1 unspecified atom stereocenters. The number of halogens is 3. The van der Waals surface area contributed by atoms with Crippen LogP contribution in [-0.4, -0.2) is 0 Å². The van der Waals surface area contributed by atoms with Gasteiger partial charge in [-0.25, -0.2) is 0 Å². The lowest BCUT2D eigenvalue weighted by Gasteiger charge is -2.17. The lowest BCUT2D eigenvalue weighted by atomic mass is 9.96. The van der Waals surface area contributed by atoms with Crippen molar-refractivity contribution in [3.05, 3.63) is 68.2 Å². The standard InChI is InChI=1S/C16H15BrCl2/c1-9-4-5-12(18)8-14(9)16(17)13-6-11(3)15(19)7-10(13)2/h4-8,16H,1-3H3. The summed E-state index contributed by atoms with van der Waals surface area (Å²) >= 11 is 16.0. The Bertz CT molecular complexity index is 620. The van der Waals surface area contributed by atoms with Gasteiger partial charge in [0.15, 0.2) is 0 Å². The molecule has 19 heavy (non-hydrogen) atoms. The first-order chi connectivity index (χ1) is 8.90. The lowest BCUT2D eigenvalue weighted by Crippen LogP contribution is -1.99. The fourth-order valence-corrected chi connectivity index (χ4v) is 3.51. The molecule has 0 amide bonds. The van der Waals surface area contributed by atoms with E-state index in [1.807, 2.05) is 31.2 Å². The maximum atomic E-state index is 6.16. The van der Waals surface area contributed by atoms with Crippen LogP contribution in [0.1, 0.15) is 32.6 Å². The van der Waals surface area contributed by atoms with E-state index in [0.29, 0.717) is 0 Å². The van der Waals surface area contributed by atoms with Gasteiger partial charge in [-0.2, -0.15) is 0 Å². The van der Waals surface area contributed by atoms with Crippen molar-refractivity contribution in [3.63, 3.8) is 0 Å². The second-order valence-corrected chi connectivity index (χ2v) is 6.58. The van der Waals surface area contributed by atoms with E-state index >= 15 is 0 Å². The summed E-state index contributed by atoms with van der Waals surface area (Å²) in [5.41, 5.74) is 5.91. The first kappa shape index (κ1) is 14.9. The van der Waals surface area contributed by atoms with E-state index in [1.165, 1.54) is 22.3 Å². The van der Waals surface area contributed by atoms with E-state index in [2.05, 4.69) is 35.8 Å². The van der Waals surface area contributed by atoms with Gasteiger partial charge in [0.05, 0.1) is 4.83 Å². The minimum Gasteiger partial charge on any atom is -0.0843 e. The van der Waals surface area contributed by atoms with Crippen molar-refractivity contribution in [1.29, 1.82) is 0 Å². The molecule has 0 spiro atoms. The van der Waals surface area contributed by atoms with E-state index in [-0.39, 0.29) is 4.83 Å². The Kier molecular flexibility index (Phi) is 4.60. The van der Waals surface area contributed by atoms with Crippen molar-refractivity contribution in [1.82, 2.24) is 0 Å². The Balaban J connectivity index is 2.52. The van der Waals surface area contributed by atoms with E-state index < -0.39 is 0 Å². The van der Waals surface area contributed by atoms with E-state index in [4.69, 9.17) is 23.2 Å². The molecule has 0 nitrogen and oxygen atoms in total. The van der Waals surface area contributed by atoms with Crippen LogP contribution in [0.5, 0.6) is 0 Å². The fraction of sp³-hybridized carbons (Fsp3) is 0.250. The monoisotopic (exact) mass is 356 g/mol. The molecule has 0 heterocycles. The zero-order valence-electron chi connectivity index (χ0n) is 11.1. The van der Waals surface area contributed by atoms with Gasteiger partial charge >= 0.3 is 0 Å². The number of aryl methyl sites for hydroxylation is 3. The van der Waals surface area contributed by atoms with Gasteiger partial charge in [0.1, 0.15) is 0 Å². The fourth-order valence-electron chi connectivity index (χ4n) is 2.13. The molecule has 0 aliphatic carbocycles. The van der Waals surface area contributed by atoms with Crippen LogP contribution in [0, 0.1) is 20.8 Å². The second-order valence-electron chi connectivity index (χ2n) is 4.82. The Hall–Kier alpha value is -0.500. The Morgan fingerprint density at radius 1 is 0.842 bits per heavy atom. The smallest absolute Gasteiger partial charge is 0.0650 e. The lowest BCUT2D eigenvalue weighted by molar-refractivity contribution is 1.11. The zero-order valence-corrected chi connectivity index (χ0v) is 14.2. The predicted molar refractivity (Wildman–Crippen MR) is 87.9 cm³/mol. The zero-order chi connectivity index (χ0) is 14.2. The average molecular weight is 358 g/mol. The van der Waals surface area contributed by atoms with Crippen LogP contribution in [0.2, 0.25) is 10.0 Å². The number of hydrogen-bond acceptors (Lipinski definition) is 0. The number of rotatable bonds is 2. The molecule has 100 valence electrons. The highest BCUT2D eigenvalue weighted by molar-refractivity contribution is 9.09. The van der Waals surface area contributed by atoms with Crippen LogP contribution in [0.4, 0.5) is 0 Å². The van der Waals surface area contributed by atoms with Crippen LogP contribution in [0.15, 0.2) is 30.3 Å². The summed E-state index contributed by atoms with van der Waals surface area (Å²) in [5.74, 6) is 0. The van der Waals surface area contributed by atoms with Crippen LogP contribution >= 0.6 is 39.1 Å². The van der Waals surface area contributed by atoms with Crippen molar-refractivity contribution in [3.8, 4) is 0 Å². The highest BCUT2D eigenvalue weighted by Gasteiger charge is 2.16. The van der Waals surface area contributed by atoms with Crippen LogP contribution in [0.25, 0.3) is 0 Å². The predicted octanol–water partition coefficient (Wildman–Crippen LogP) is 6.40. The number of benzene rings is 2. The molecular weight excluding hydrogens is 343 g/mol. The SMILES string of the molecule is Cc1cc(C(Br)c2cc(Cl)ccc2C)c(C)cc1Cl. The quantitative estimate of drug-likeness (QED) is 0.545.